The number of hydrogen-bond donors (Lipinski definition) is 0. The predicted octanol–water partition coefficient (Wildman–Crippen LogP) is 7.50. The molecule has 2 atom stereocenters. The lowest BCUT2D eigenvalue weighted by molar-refractivity contribution is -0.139. The van der Waals surface area contributed by atoms with Crippen LogP contribution in [0.2, 0.25) is 0 Å². The molecule has 2 unspecified atom stereocenters. The molecule has 4 nitrogen and oxygen atoms in total. The number of ether oxygens (including phenoxy) is 3. The Labute approximate surface area is 208 Å². The van der Waals surface area contributed by atoms with Gasteiger partial charge in [0.2, 0.25) is 0 Å². The van der Waals surface area contributed by atoms with Crippen LogP contribution in [0.25, 0.3) is 11.1 Å². The van der Waals surface area contributed by atoms with E-state index in [-0.39, 0.29) is 22.4 Å². The summed E-state index contributed by atoms with van der Waals surface area (Å²) in [5.74, 6) is -0.778. The Morgan fingerprint density at radius 2 is 1.64 bits per heavy atom. The van der Waals surface area contributed by atoms with Gasteiger partial charge in [0.15, 0.2) is 0 Å². The van der Waals surface area contributed by atoms with Gasteiger partial charge >= 0.3 is 12.1 Å². The zero-order valence-corrected chi connectivity index (χ0v) is 20.6. The minimum absolute atomic E-state index is 0.0545. The molecule has 0 bridgehead atoms. The quantitative estimate of drug-likeness (QED) is 0.230. The fourth-order valence-corrected chi connectivity index (χ4v) is 5.58. The van der Waals surface area contributed by atoms with Crippen LogP contribution < -0.4 is 4.74 Å². The Hall–Kier alpha value is -2.45. The lowest BCUT2D eigenvalue weighted by Gasteiger charge is -2.38. The van der Waals surface area contributed by atoms with E-state index in [0.717, 1.165) is 32.1 Å². The molecule has 2 fully saturated rings. The minimum atomic E-state index is -4.89. The third-order valence-corrected chi connectivity index (χ3v) is 7.33. The predicted molar refractivity (Wildman–Crippen MR) is 127 cm³/mol. The first-order valence-corrected chi connectivity index (χ1v) is 12.6. The normalized spacial score (nSPS) is 24.9. The van der Waals surface area contributed by atoms with Crippen LogP contribution in [0, 0.1) is 17.7 Å². The second-order valence-corrected chi connectivity index (χ2v) is 9.66. The number of esters is 1. The van der Waals surface area contributed by atoms with Crippen LogP contribution >= 0.6 is 0 Å². The SMILES string of the molecule is CCOC1CCC(C2CCC(c3ccc(-c4ccc(OC(C)=O)cc4)c(C(F)(F)F)c3F)OC2)CC1. The monoisotopic (exact) mass is 508 g/mol. The van der Waals surface area contributed by atoms with Gasteiger partial charge in [0, 0.05) is 19.1 Å². The maximum Gasteiger partial charge on any atom is 0.419 e. The minimum Gasteiger partial charge on any atom is -0.427 e. The summed E-state index contributed by atoms with van der Waals surface area (Å²) in [6.07, 6.45) is 0.158. The van der Waals surface area contributed by atoms with E-state index in [2.05, 4.69) is 0 Å². The number of halogens is 4. The highest BCUT2D eigenvalue weighted by Crippen LogP contribution is 2.44. The molecule has 0 N–H and O–H groups in total. The third-order valence-electron chi connectivity index (χ3n) is 7.33. The zero-order valence-electron chi connectivity index (χ0n) is 20.6. The van der Waals surface area contributed by atoms with Gasteiger partial charge in [-0.15, -0.1) is 0 Å². The number of hydrogen-bond acceptors (Lipinski definition) is 4. The molecule has 1 aliphatic carbocycles. The van der Waals surface area contributed by atoms with Gasteiger partial charge < -0.3 is 14.2 Å². The molecular formula is C28H32F4O4. The lowest BCUT2D eigenvalue weighted by Crippen LogP contribution is -2.32. The van der Waals surface area contributed by atoms with Crippen LogP contribution in [0.3, 0.4) is 0 Å². The van der Waals surface area contributed by atoms with Crippen LogP contribution in [0.15, 0.2) is 36.4 Å². The van der Waals surface area contributed by atoms with Crippen LogP contribution in [-0.2, 0) is 20.4 Å². The molecule has 1 aliphatic heterocycles. The van der Waals surface area contributed by atoms with Gasteiger partial charge in [0.1, 0.15) is 11.6 Å². The average Bonchev–Trinajstić information content (AvgIpc) is 2.84. The molecule has 36 heavy (non-hydrogen) atoms. The van der Waals surface area contributed by atoms with Crippen molar-refractivity contribution < 1.29 is 36.6 Å². The standard InChI is InChI=1S/C28H32F4O4/c1-3-34-21-9-4-18(5-10-21)20-8-15-25(35-16-20)24-14-13-23(26(27(24)29)28(30,31)32)19-6-11-22(12-7-19)36-17(2)33/h6-7,11-14,18,20-21,25H,3-5,8-10,15-16H2,1-2H3. The van der Waals surface area contributed by atoms with E-state index < -0.39 is 29.6 Å². The topological polar surface area (TPSA) is 44.8 Å². The summed E-state index contributed by atoms with van der Waals surface area (Å²) in [5, 5.41) is 0. The first kappa shape index (κ1) is 26.6. The Balaban J connectivity index is 1.49. The first-order chi connectivity index (χ1) is 17.2. The fraction of sp³-hybridized carbons (Fsp3) is 0.536. The molecule has 1 saturated carbocycles. The smallest absolute Gasteiger partial charge is 0.419 e. The second-order valence-electron chi connectivity index (χ2n) is 9.66. The maximum absolute atomic E-state index is 15.4. The molecule has 2 aromatic carbocycles. The molecule has 1 heterocycles. The number of alkyl halides is 3. The number of rotatable bonds is 6. The van der Waals surface area contributed by atoms with Gasteiger partial charge in [-0.3, -0.25) is 4.79 Å². The number of carbonyl (C=O) groups excluding carboxylic acids is 1. The van der Waals surface area contributed by atoms with Crippen molar-refractivity contribution in [3.05, 3.63) is 53.3 Å². The highest BCUT2D eigenvalue weighted by atomic mass is 19.4. The van der Waals surface area contributed by atoms with E-state index in [4.69, 9.17) is 14.2 Å². The van der Waals surface area contributed by atoms with E-state index in [1.165, 1.54) is 43.3 Å². The highest BCUT2D eigenvalue weighted by molar-refractivity contribution is 5.72. The Morgan fingerprint density at radius 3 is 2.19 bits per heavy atom. The van der Waals surface area contributed by atoms with E-state index in [9.17, 15) is 18.0 Å². The molecule has 196 valence electrons. The molecule has 0 amide bonds. The van der Waals surface area contributed by atoms with Crippen LogP contribution in [0.1, 0.15) is 69.6 Å². The van der Waals surface area contributed by atoms with Gasteiger partial charge in [-0.2, -0.15) is 13.2 Å². The van der Waals surface area contributed by atoms with Crippen LogP contribution in [0.5, 0.6) is 5.75 Å². The summed E-state index contributed by atoms with van der Waals surface area (Å²) < 4.78 is 74.1. The van der Waals surface area contributed by atoms with Gasteiger partial charge in [0.05, 0.1) is 24.4 Å². The molecule has 2 aliphatic rings. The van der Waals surface area contributed by atoms with Gasteiger partial charge in [-0.05, 0) is 80.5 Å². The van der Waals surface area contributed by atoms with E-state index >= 15 is 4.39 Å². The lowest BCUT2D eigenvalue weighted by atomic mass is 9.76. The summed E-state index contributed by atoms with van der Waals surface area (Å²) in [5.41, 5.74) is -1.45. The largest absolute Gasteiger partial charge is 0.427 e. The average molecular weight is 509 g/mol. The Bertz CT molecular complexity index is 1030. The Morgan fingerprint density at radius 1 is 0.972 bits per heavy atom. The second kappa shape index (κ2) is 11.3. The molecular weight excluding hydrogens is 476 g/mol. The zero-order chi connectivity index (χ0) is 25.9. The molecule has 0 aromatic heterocycles. The number of benzene rings is 2. The number of carbonyl (C=O) groups is 1. The maximum atomic E-state index is 15.4. The molecule has 0 radical (unpaired) electrons. The molecule has 1 saturated heterocycles. The highest BCUT2D eigenvalue weighted by Gasteiger charge is 2.40. The van der Waals surface area contributed by atoms with Crippen molar-refractivity contribution in [3.8, 4) is 16.9 Å². The molecule has 0 spiro atoms. The first-order valence-electron chi connectivity index (χ1n) is 12.6. The fourth-order valence-electron chi connectivity index (χ4n) is 5.58. The molecule has 8 heteroatoms. The van der Waals surface area contributed by atoms with Crippen molar-refractivity contribution in [2.75, 3.05) is 13.2 Å². The van der Waals surface area contributed by atoms with Crippen molar-refractivity contribution in [1.29, 1.82) is 0 Å². The van der Waals surface area contributed by atoms with Gasteiger partial charge in [-0.1, -0.05) is 24.3 Å². The van der Waals surface area contributed by atoms with Crippen LogP contribution in [-0.4, -0.2) is 25.3 Å². The van der Waals surface area contributed by atoms with E-state index in [1.54, 1.807) is 0 Å². The summed E-state index contributed by atoms with van der Waals surface area (Å²) in [6, 6.07) is 8.22. The van der Waals surface area contributed by atoms with Crippen molar-refractivity contribution in [2.24, 2.45) is 11.8 Å². The van der Waals surface area contributed by atoms with Gasteiger partial charge in [0.25, 0.3) is 0 Å². The van der Waals surface area contributed by atoms with E-state index in [0.29, 0.717) is 37.6 Å². The molecule has 2 aromatic rings. The van der Waals surface area contributed by atoms with Crippen molar-refractivity contribution in [3.63, 3.8) is 0 Å². The summed E-state index contributed by atoms with van der Waals surface area (Å²) in [4.78, 5) is 11.1. The van der Waals surface area contributed by atoms with Crippen LogP contribution in [0.4, 0.5) is 17.6 Å². The van der Waals surface area contributed by atoms with E-state index in [1.807, 2.05) is 6.92 Å². The summed E-state index contributed by atoms with van der Waals surface area (Å²) in [6.45, 7) is 4.37. The molecule has 4 rings (SSSR count). The van der Waals surface area contributed by atoms with Gasteiger partial charge in [-0.25, -0.2) is 4.39 Å². The summed E-state index contributed by atoms with van der Waals surface area (Å²) in [7, 11) is 0. The van der Waals surface area contributed by atoms with Crippen molar-refractivity contribution in [2.45, 2.75) is 70.8 Å². The summed E-state index contributed by atoms with van der Waals surface area (Å²) >= 11 is 0. The van der Waals surface area contributed by atoms with Crippen molar-refractivity contribution >= 4 is 5.97 Å². The Kier molecular flexibility index (Phi) is 8.35. The third kappa shape index (κ3) is 6.09. The van der Waals surface area contributed by atoms with Crippen molar-refractivity contribution in [1.82, 2.24) is 0 Å².